The number of thiocarbonyl (C=S) groups is 1. The van der Waals surface area contributed by atoms with E-state index in [0.717, 1.165) is 18.7 Å². The Morgan fingerprint density at radius 3 is 2.70 bits per heavy atom. The van der Waals surface area contributed by atoms with E-state index in [1.165, 1.54) is 23.3 Å². The van der Waals surface area contributed by atoms with Crippen molar-refractivity contribution in [3.05, 3.63) is 65.0 Å². The first-order chi connectivity index (χ1) is 9.58. The third kappa shape index (κ3) is 3.54. The molecular formula is C16H17FN2S. The van der Waals surface area contributed by atoms with Crippen LogP contribution in [0.25, 0.3) is 0 Å². The molecule has 2 aromatic rings. The van der Waals surface area contributed by atoms with Gasteiger partial charge in [-0.15, -0.1) is 0 Å². The predicted molar refractivity (Wildman–Crippen MR) is 85.7 cm³/mol. The van der Waals surface area contributed by atoms with Crippen molar-refractivity contribution in [2.24, 2.45) is 5.73 Å². The second-order valence-corrected chi connectivity index (χ2v) is 5.10. The van der Waals surface area contributed by atoms with Crippen LogP contribution in [0.5, 0.6) is 0 Å². The maximum Gasteiger partial charge on any atom is 0.124 e. The van der Waals surface area contributed by atoms with E-state index in [4.69, 9.17) is 18.0 Å². The number of rotatable bonds is 5. The molecule has 3 N–H and O–H groups in total. The fraction of sp³-hybridized carbons (Fsp3) is 0.188. The van der Waals surface area contributed by atoms with Gasteiger partial charge < -0.3 is 11.1 Å². The van der Waals surface area contributed by atoms with E-state index in [-0.39, 0.29) is 10.8 Å². The minimum Gasteiger partial charge on any atom is -0.389 e. The van der Waals surface area contributed by atoms with Crippen LogP contribution >= 0.6 is 12.2 Å². The molecule has 20 heavy (non-hydrogen) atoms. The van der Waals surface area contributed by atoms with E-state index >= 15 is 0 Å². The normalized spacial score (nSPS) is 10.3. The lowest BCUT2D eigenvalue weighted by Gasteiger charge is -2.12. The molecule has 0 heterocycles. The van der Waals surface area contributed by atoms with Crippen LogP contribution in [-0.4, -0.2) is 11.5 Å². The highest BCUT2D eigenvalue weighted by atomic mass is 32.1. The lowest BCUT2D eigenvalue weighted by Crippen LogP contribution is -2.15. The van der Waals surface area contributed by atoms with Crippen molar-refractivity contribution >= 4 is 22.9 Å². The Kier molecular flexibility index (Phi) is 4.69. The third-order valence-electron chi connectivity index (χ3n) is 3.22. The van der Waals surface area contributed by atoms with Crippen LogP contribution in [0.2, 0.25) is 0 Å². The number of hydrogen-bond acceptors (Lipinski definition) is 2. The van der Waals surface area contributed by atoms with Crippen LogP contribution in [0.4, 0.5) is 10.1 Å². The first-order valence-corrected chi connectivity index (χ1v) is 6.86. The molecular weight excluding hydrogens is 271 g/mol. The zero-order chi connectivity index (χ0) is 14.5. The number of hydrogen-bond donors (Lipinski definition) is 2. The predicted octanol–water partition coefficient (Wildman–Crippen LogP) is 3.42. The molecule has 0 aliphatic carbocycles. The molecule has 104 valence electrons. The molecule has 0 radical (unpaired) electrons. The van der Waals surface area contributed by atoms with E-state index in [2.05, 4.69) is 24.4 Å². The molecule has 0 aliphatic heterocycles. The molecule has 0 amide bonds. The Morgan fingerprint density at radius 1 is 1.25 bits per heavy atom. The zero-order valence-corrected chi connectivity index (χ0v) is 12.1. The van der Waals surface area contributed by atoms with E-state index in [1.807, 2.05) is 12.1 Å². The molecule has 0 bridgehead atoms. The Balaban J connectivity index is 2.05. The molecule has 0 saturated heterocycles. The van der Waals surface area contributed by atoms with Crippen molar-refractivity contribution in [2.75, 3.05) is 11.9 Å². The second-order valence-electron chi connectivity index (χ2n) is 4.66. The van der Waals surface area contributed by atoms with Crippen molar-refractivity contribution in [1.82, 2.24) is 0 Å². The fourth-order valence-electron chi connectivity index (χ4n) is 2.10. The average molecular weight is 288 g/mol. The zero-order valence-electron chi connectivity index (χ0n) is 11.3. The first-order valence-electron chi connectivity index (χ1n) is 6.45. The van der Waals surface area contributed by atoms with Gasteiger partial charge >= 0.3 is 0 Å². The highest BCUT2D eigenvalue weighted by molar-refractivity contribution is 7.80. The molecule has 2 rings (SSSR count). The number of nitrogens with two attached hydrogens (primary N) is 1. The molecule has 4 heteroatoms. The summed E-state index contributed by atoms with van der Waals surface area (Å²) in [7, 11) is 0. The van der Waals surface area contributed by atoms with E-state index in [0.29, 0.717) is 5.56 Å². The summed E-state index contributed by atoms with van der Waals surface area (Å²) in [5, 5.41) is 3.26. The van der Waals surface area contributed by atoms with Gasteiger partial charge in [0.25, 0.3) is 0 Å². The Bertz CT molecular complexity index is 626. The SMILES string of the molecule is Cc1ccccc1CCNc1ccc(F)cc1C(N)=S. The molecule has 2 aromatic carbocycles. The fourth-order valence-corrected chi connectivity index (χ4v) is 2.27. The van der Waals surface area contributed by atoms with Crippen molar-refractivity contribution in [3.63, 3.8) is 0 Å². The van der Waals surface area contributed by atoms with Gasteiger partial charge in [-0.2, -0.15) is 0 Å². The summed E-state index contributed by atoms with van der Waals surface area (Å²) < 4.78 is 13.2. The molecule has 0 fully saturated rings. The van der Waals surface area contributed by atoms with E-state index in [9.17, 15) is 4.39 Å². The van der Waals surface area contributed by atoms with Crippen molar-refractivity contribution in [1.29, 1.82) is 0 Å². The minimum atomic E-state index is -0.336. The topological polar surface area (TPSA) is 38.0 Å². The van der Waals surface area contributed by atoms with Crippen LogP contribution in [0.3, 0.4) is 0 Å². The maximum absolute atomic E-state index is 13.2. The number of anilines is 1. The highest BCUT2D eigenvalue weighted by Crippen LogP contribution is 2.17. The second kappa shape index (κ2) is 6.48. The summed E-state index contributed by atoms with van der Waals surface area (Å²) in [6.07, 6.45) is 0.890. The maximum atomic E-state index is 13.2. The standard InChI is InChI=1S/C16H17FN2S/c1-11-4-2-3-5-12(11)8-9-19-15-7-6-13(17)10-14(15)16(18)20/h2-7,10,19H,8-9H2,1H3,(H2,18,20). The van der Waals surface area contributed by atoms with Crippen LogP contribution in [0, 0.1) is 12.7 Å². The van der Waals surface area contributed by atoms with Crippen LogP contribution in [-0.2, 0) is 6.42 Å². The highest BCUT2D eigenvalue weighted by Gasteiger charge is 2.06. The summed E-state index contributed by atoms with van der Waals surface area (Å²) in [6, 6.07) is 12.7. The summed E-state index contributed by atoms with van der Waals surface area (Å²) in [5.74, 6) is -0.336. The summed E-state index contributed by atoms with van der Waals surface area (Å²) in [4.78, 5) is 0.197. The smallest absolute Gasteiger partial charge is 0.124 e. The van der Waals surface area contributed by atoms with Gasteiger partial charge in [0.15, 0.2) is 0 Å². The summed E-state index contributed by atoms with van der Waals surface area (Å²) in [5.41, 5.74) is 9.49. The number of halogens is 1. The van der Waals surface area contributed by atoms with Crippen LogP contribution in [0.1, 0.15) is 16.7 Å². The van der Waals surface area contributed by atoms with Crippen molar-refractivity contribution in [3.8, 4) is 0 Å². The molecule has 0 aliphatic rings. The lowest BCUT2D eigenvalue weighted by atomic mass is 10.1. The molecule has 0 unspecified atom stereocenters. The average Bonchev–Trinajstić information content (AvgIpc) is 2.42. The van der Waals surface area contributed by atoms with Gasteiger partial charge in [0.05, 0.1) is 0 Å². The van der Waals surface area contributed by atoms with Gasteiger partial charge in [0, 0.05) is 17.8 Å². The third-order valence-corrected chi connectivity index (χ3v) is 3.44. The van der Waals surface area contributed by atoms with E-state index < -0.39 is 0 Å². The Morgan fingerprint density at radius 2 is 2.00 bits per heavy atom. The van der Waals surface area contributed by atoms with Crippen LogP contribution < -0.4 is 11.1 Å². The van der Waals surface area contributed by atoms with Crippen molar-refractivity contribution < 1.29 is 4.39 Å². The summed E-state index contributed by atoms with van der Waals surface area (Å²) >= 11 is 4.94. The molecule has 2 nitrogen and oxygen atoms in total. The molecule has 0 aromatic heterocycles. The molecule has 0 saturated carbocycles. The minimum absolute atomic E-state index is 0.197. The van der Waals surface area contributed by atoms with Gasteiger partial charge in [0.2, 0.25) is 0 Å². The van der Waals surface area contributed by atoms with Crippen molar-refractivity contribution in [2.45, 2.75) is 13.3 Å². The Labute approximate surface area is 123 Å². The Hall–Kier alpha value is -1.94. The first kappa shape index (κ1) is 14.5. The number of nitrogens with one attached hydrogen (secondary N) is 1. The monoisotopic (exact) mass is 288 g/mol. The van der Waals surface area contributed by atoms with Crippen LogP contribution in [0.15, 0.2) is 42.5 Å². The van der Waals surface area contributed by atoms with Gasteiger partial charge in [-0.3, -0.25) is 0 Å². The molecule has 0 atom stereocenters. The van der Waals surface area contributed by atoms with E-state index in [1.54, 1.807) is 6.07 Å². The number of benzene rings is 2. The molecule has 0 spiro atoms. The summed E-state index contributed by atoms with van der Waals surface area (Å²) in [6.45, 7) is 2.83. The largest absolute Gasteiger partial charge is 0.389 e. The van der Waals surface area contributed by atoms with Gasteiger partial charge in [-0.25, -0.2) is 4.39 Å². The van der Waals surface area contributed by atoms with Gasteiger partial charge in [0.1, 0.15) is 10.8 Å². The van der Waals surface area contributed by atoms with Gasteiger partial charge in [-0.05, 0) is 42.7 Å². The lowest BCUT2D eigenvalue weighted by molar-refractivity contribution is 0.627. The quantitative estimate of drug-likeness (QED) is 0.828. The number of aryl methyl sites for hydroxylation is 1. The van der Waals surface area contributed by atoms with Gasteiger partial charge in [-0.1, -0.05) is 36.5 Å².